The fraction of sp³-hybridized carbons (Fsp3) is 0.900. The first kappa shape index (κ1) is 10.5. The molecule has 0 aromatic heterocycles. The molecule has 0 spiro atoms. The van der Waals surface area contributed by atoms with Crippen LogP contribution in [0.4, 0.5) is 0 Å². The van der Waals surface area contributed by atoms with Crippen LogP contribution in [0.5, 0.6) is 0 Å². The molecule has 1 fully saturated rings. The Hall–Kier alpha value is -0.570. The average molecular weight is 184 g/mol. The minimum atomic E-state index is -0.312. The number of carbonyl (C=O) groups excluding carboxylic acids is 1. The van der Waals surface area contributed by atoms with Crippen LogP contribution in [0.1, 0.15) is 39.5 Å². The maximum absolute atomic E-state index is 11.5. The van der Waals surface area contributed by atoms with Crippen molar-refractivity contribution in [2.45, 2.75) is 45.1 Å². The van der Waals surface area contributed by atoms with E-state index in [1.54, 1.807) is 0 Å². The maximum Gasteiger partial charge on any atom is 0.240 e. The molecule has 1 saturated heterocycles. The molecule has 3 nitrogen and oxygen atoms in total. The lowest BCUT2D eigenvalue weighted by atomic mass is 9.92. The molecule has 76 valence electrons. The predicted octanol–water partition coefficient (Wildman–Crippen LogP) is 1.04. The standard InChI is InChI=1S/C10H20N2O/c1-3-4-5-6-10(2)9(13)11-7-8-12-10/h12H,3-8H2,1-2H3,(H,11,13). The average Bonchev–Trinajstić information content (AvgIpc) is 2.11. The van der Waals surface area contributed by atoms with Crippen molar-refractivity contribution in [1.82, 2.24) is 10.6 Å². The zero-order chi connectivity index (χ0) is 9.73. The van der Waals surface area contributed by atoms with E-state index in [9.17, 15) is 4.79 Å². The second-order valence-corrected chi connectivity index (χ2v) is 3.97. The van der Waals surface area contributed by atoms with Crippen molar-refractivity contribution < 1.29 is 4.79 Å². The van der Waals surface area contributed by atoms with Crippen molar-refractivity contribution in [3.63, 3.8) is 0 Å². The highest BCUT2D eigenvalue weighted by atomic mass is 16.2. The van der Waals surface area contributed by atoms with Crippen LogP contribution < -0.4 is 10.6 Å². The molecule has 3 heteroatoms. The molecule has 0 radical (unpaired) electrons. The van der Waals surface area contributed by atoms with E-state index in [4.69, 9.17) is 0 Å². The lowest BCUT2D eigenvalue weighted by Crippen LogP contribution is -2.61. The molecule has 2 N–H and O–H groups in total. The third kappa shape index (κ3) is 2.69. The van der Waals surface area contributed by atoms with Gasteiger partial charge in [0.15, 0.2) is 0 Å². The van der Waals surface area contributed by atoms with Crippen molar-refractivity contribution in [2.24, 2.45) is 0 Å². The van der Waals surface area contributed by atoms with Crippen molar-refractivity contribution in [3.05, 3.63) is 0 Å². The highest BCUT2D eigenvalue weighted by Gasteiger charge is 2.33. The van der Waals surface area contributed by atoms with Crippen LogP contribution in [0.25, 0.3) is 0 Å². The first-order valence-corrected chi connectivity index (χ1v) is 5.22. The predicted molar refractivity (Wildman–Crippen MR) is 53.6 cm³/mol. The molecule has 1 amide bonds. The van der Waals surface area contributed by atoms with E-state index in [2.05, 4.69) is 17.6 Å². The van der Waals surface area contributed by atoms with Crippen molar-refractivity contribution >= 4 is 5.91 Å². The molecule has 0 aromatic carbocycles. The molecule has 1 unspecified atom stereocenters. The zero-order valence-electron chi connectivity index (χ0n) is 8.65. The highest BCUT2D eigenvalue weighted by molar-refractivity contribution is 5.86. The van der Waals surface area contributed by atoms with Gasteiger partial charge in [0.2, 0.25) is 5.91 Å². The fourth-order valence-corrected chi connectivity index (χ4v) is 1.72. The molecule has 1 atom stereocenters. The summed E-state index contributed by atoms with van der Waals surface area (Å²) in [7, 11) is 0. The van der Waals surface area contributed by atoms with Gasteiger partial charge in [0.05, 0.1) is 5.54 Å². The Morgan fingerprint density at radius 2 is 2.15 bits per heavy atom. The van der Waals surface area contributed by atoms with E-state index in [1.807, 2.05) is 6.92 Å². The molecular weight excluding hydrogens is 164 g/mol. The third-order valence-corrected chi connectivity index (χ3v) is 2.71. The number of rotatable bonds is 4. The Labute approximate surface area is 80.3 Å². The van der Waals surface area contributed by atoms with Gasteiger partial charge in [-0.3, -0.25) is 4.79 Å². The van der Waals surface area contributed by atoms with Crippen LogP contribution >= 0.6 is 0 Å². The summed E-state index contributed by atoms with van der Waals surface area (Å²) in [5, 5.41) is 6.19. The zero-order valence-corrected chi connectivity index (χ0v) is 8.65. The van der Waals surface area contributed by atoms with Gasteiger partial charge in [-0.1, -0.05) is 26.2 Å². The van der Waals surface area contributed by atoms with Gasteiger partial charge in [0.25, 0.3) is 0 Å². The second kappa shape index (κ2) is 4.61. The Morgan fingerprint density at radius 1 is 1.38 bits per heavy atom. The summed E-state index contributed by atoms with van der Waals surface area (Å²) in [6.07, 6.45) is 4.50. The summed E-state index contributed by atoms with van der Waals surface area (Å²) in [5.74, 6) is 0.162. The Morgan fingerprint density at radius 3 is 2.77 bits per heavy atom. The number of nitrogens with one attached hydrogen (secondary N) is 2. The first-order valence-electron chi connectivity index (χ1n) is 5.22. The molecule has 1 rings (SSSR count). The number of carbonyl (C=O) groups is 1. The second-order valence-electron chi connectivity index (χ2n) is 3.97. The van der Waals surface area contributed by atoms with Crippen LogP contribution in [0.3, 0.4) is 0 Å². The van der Waals surface area contributed by atoms with E-state index >= 15 is 0 Å². The quantitative estimate of drug-likeness (QED) is 0.641. The Kier molecular flexibility index (Phi) is 3.72. The monoisotopic (exact) mass is 184 g/mol. The Bertz CT molecular complexity index is 182. The normalized spacial score (nSPS) is 28.6. The van der Waals surface area contributed by atoms with Gasteiger partial charge in [-0.05, 0) is 13.3 Å². The largest absolute Gasteiger partial charge is 0.353 e. The summed E-state index contributed by atoms with van der Waals surface area (Å²) in [6.45, 7) is 5.84. The van der Waals surface area contributed by atoms with Crippen molar-refractivity contribution in [2.75, 3.05) is 13.1 Å². The minimum absolute atomic E-state index is 0.162. The summed E-state index contributed by atoms with van der Waals surface area (Å²) < 4.78 is 0. The minimum Gasteiger partial charge on any atom is -0.353 e. The van der Waals surface area contributed by atoms with Crippen LogP contribution in [0, 0.1) is 0 Å². The van der Waals surface area contributed by atoms with E-state index in [1.165, 1.54) is 12.8 Å². The number of hydrogen-bond acceptors (Lipinski definition) is 2. The Balaban J connectivity index is 2.38. The lowest BCUT2D eigenvalue weighted by Gasteiger charge is -2.33. The van der Waals surface area contributed by atoms with E-state index in [0.717, 1.165) is 25.9 Å². The summed E-state index contributed by atoms with van der Waals surface area (Å²) in [4.78, 5) is 11.5. The molecule has 1 aliphatic heterocycles. The van der Waals surface area contributed by atoms with Crippen LogP contribution in [0.2, 0.25) is 0 Å². The fourth-order valence-electron chi connectivity index (χ4n) is 1.72. The summed E-state index contributed by atoms with van der Waals surface area (Å²) >= 11 is 0. The molecule has 1 heterocycles. The van der Waals surface area contributed by atoms with E-state index in [-0.39, 0.29) is 11.4 Å². The molecule has 1 aliphatic rings. The smallest absolute Gasteiger partial charge is 0.240 e. The van der Waals surface area contributed by atoms with Gasteiger partial charge >= 0.3 is 0 Å². The van der Waals surface area contributed by atoms with Gasteiger partial charge in [-0.25, -0.2) is 0 Å². The SMILES string of the molecule is CCCCCC1(C)NCCNC1=O. The first-order chi connectivity index (χ1) is 6.19. The number of piperazine rings is 1. The topological polar surface area (TPSA) is 41.1 Å². The number of amides is 1. The molecule has 0 aromatic rings. The molecule has 0 bridgehead atoms. The number of hydrogen-bond donors (Lipinski definition) is 2. The van der Waals surface area contributed by atoms with Gasteiger partial charge < -0.3 is 10.6 Å². The summed E-state index contributed by atoms with van der Waals surface area (Å²) in [5.41, 5.74) is -0.312. The van der Waals surface area contributed by atoms with E-state index in [0.29, 0.717) is 0 Å². The van der Waals surface area contributed by atoms with Gasteiger partial charge in [-0.2, -0.15) is 0 Å². The number of unbranched alkanes of at least 4 members (excludes halogenated alkanes) is 2. The van der Waals surface area contributed by atoms with Gasteiger partial charge in [-0.15, -0.1) is 0 Å². The molecular formula is C10H20N2O. The maximum atomic E-state index is 11.5. The van der Waals surface area contributed by atoms with Gasteiger partial charge in [0, 0.05) is 13.1 Å². The van der Waals surface area contributed by atoms with Crippen molar-refractivity contribution in [1.29, 1.82) is 0 Å². The lowest BCUT2D eigenvalue weighted by molar-refractivity contribution is -0.128. The molecule has 0 saturated carbocycles. The molecule has 13 heavy (non-hydrogen) atoms. The molecule has 0 aliphatic carbocycles. The third-order valence-electron chi connectivity index (χ3n) is 2.71. The highest BCUT2D eigenvalue weighted by Crippen LogP contribution is 2.16. The van der Waals surface area contributed by atoms with E-state index < -0.39 is 0 Å². The van der Waals surface area contributed by atoms with Gasteiger partial charge in [0.1, 0.15) is 0 Å². The van der Waals surface area contributed by atoms with Crippen LogP contribution in [0.15, 0.2) is 0 Å². The summed E-state index contributed by atoms with van der Waals surface area (Å²) in [6, 6.07) is 0. The van der Waals surface area contributed by atoms with Crippen molar-refractivity contribution in [3.8, 4) is 0 Å². The van der Waals surface area contributed by atoms with Crippen LogP contribution in [-0.4, -0.2) is 24.5 Å². The van der Waals surface area contributed by atoms with Crippen LogP contribution in [-0.2, 0) is 4.79 Å².